The number of aromatic nitrogens is 6. The summed E-state index contributed by atoms with van der Waals surface area (Å²) in [5.41, 5.74) is 6.29. The zero-order valence-electron chi connectivity index (χ0n) is 15.6. The van der Waals surface area contributed by atoms with Crippen LogP contribution < -0.4 is 0 Å². The second kappa shape index (κ2) is 7.09. The lowest BCUT2D eigenvalue weighted by molar-refractivity contribution is 0.948. The third-order valence-corrected chi connectivity index (χ3v) is 4.88. The maximum atomic E-state index is 4.25. The molecule has 0 saturated heterocycles. The highest BCUT2D eigenvalue weighted by atomic mass is 15.1. The molecule has 0 aliphatic carbocycles. The van der Waals surface area contributed by atoms with E-state index in [1.807, 2.05) is 38.4 Å². The molecule has 0 bridgehead atoms. The number of hydrogen-bond donors (Lipinski definition) is 0. The van der Waals surface area contributed by atoms with Crippen LogP contribution in [0.3, 0.4) is 0 Å². The van der Waals surface area contributed by atoms with Crippen molar-refractivity contribution in [2.45, 2.75) is 0 Å². The number of hydrogen-bond acceptors (Lipinski definition) is 3. The van der Waals surface area contributed by atoms with Crippen LogP contribution in [0.1, 0.15) is 5.56 Å². The van der Waals surface area contributed by atoms with Crippen LogP contribution in [0.4, 0.5) is 0 Å². The van der Waals surface area contributed by atoms with Gasteiger partial charge in [-0.15, -0.1) is 0 Å². The van der Waals surface area contributed by atoms with Crippen molar-refractivity contribution in [2.24, 2.45) is 0 Å². The molecule has 0 aliphatic rings. The molecule has 29 heavy (non-hydrogen) atoms. The predicted octanol–water partition coefficient (Wildman–Crippen LogP) is 4.55. The fourth-order valence-electron chi connectivity index (χ4n) is 3.44. The van der Waals surface area contributed by atoms with Gasteiger partial charge in [0.15, 0.2) is 0 Å². The van der Waals surface area contributed by atoms with Crippen molar-refractivity contribution in [1.82, 2.24) is 28.7 Å². The van der Waals surface area contributed by atoms with Gasteiger partial charge in [0.2, 0.25) is 0 Å². The van der Waals surface area contributed by atoms with Gasteiger partial charge in [-0.3, -0.25) is 0 Å². The van der Waals surface area contributed by atoms with Crippen molar-refractivity contribution >= 4 is 6.08 Å². The second-order valence-corrected chi connectivity index (χ2v) is 6.60. The van der Waals surface area contributed by atoms with Crippen LogP contribution in [0.2, 0.25) is 0 Å². The van der Waals surface area contributed by atoms with Crippen molar-refractivity contribution in [3.8, 4) is 28.2 Å². The van der Waals surface area contributed by atoms with E-state index >= 15 is 0 Å². The molecule has 0 radical (unpaired) electrons. The summed E-state index contributed by atoms with van der Waals surface area (Å²) < 4.78 is 6.03. The molecule has 6 nitrogen and oxygen atoms in total. The Morgan fingerprint density at radius 2 is 1.17 bits per heavy atom. The molecular formula is C23H18N6. The molecule has 0 spiro atoms. The largest absolute Gasteiger partial charge is 0.304 e. The standard InChI is InChI=1S/C23H18N6/c1-2-18-3-5-19(6-4-18)20-13-21(27-10-7-24-15-27)23(29-12-9-26-17-29)22(14-20)28-11-8-25-16-28/h2-17H,1H2. The third-order valence-electron chi connectivity index (χ3n) is 4.88. The summed E-state index contributed by atoms with van der Waals surface area (Å²) in [5, 5.41) is 0. The summed E-state index contributed by atoms with van der Waals surface area (Å²) in [6.45, 7) is 3.84. The molecule has 0 amide bonds. The van der Waals surface area contributed by atoms with Gasteiger partial charge in [-0.05, 0) is 28.8 Å². The van der Waals surface area contributed by atoms with E-state index in [1.54, 1.807) is 37.6 Å². The number of nitrogens with zero attached hydrogens (tertiary/aromatic N) is 6. The third kappa shape index (κ3) is 3.06. The van der Waals surface area contributed by atoms with Crippen molar-refractivity contribution in [3.63, 3.8) is 0 Å². The quantitative estimate of drug-likeness (QED) is 0.451. The Labute approximate surface area is 168 Å². The Balaban J connectivity index is 1.81. The smallest absolute Gasteiger partial charge is 0.0993 e. The molecule has 5 rings (SSSR count). The maximum Gasteiger partial charge on any atom is 0.0993 e. The minimum atomic E-state index is 0.991. The maximum absolute atomic E-state index is 4.25. The van der Waals surface area contributed by atoms with Crippen LogP contribution in [-0.2, 0) is 0 Å². The molecule has 0 fully saturated rings. The number of rotatable bonds is 5. The first-order valence-electron chi connectivity index (χ1n) is 9.19. The van der Waals surface area contributed by atoms with Crippen molar-refractivity contribution < 1.29 is 0 Å². The Kier molecular flexibility index (Phi) is 4.14. The zero-order valence-corrected chi connectivity index (χ0v) is 15.6. The Morgan fingerprint density at radius 3 is 1.62 bits per heavy atom. The van der Waals surface area contributed by atoms with Gasteiger partial charge in [-0.2, -0.15) is 0 Å². The Bertz CT molecular complexity index is 1180. The van der Waals surface area contributed by atoms with E-state index in [2.05, 4.69) is 57.9 Å². The van der Waals surface area contributed by atoms with Crippen LogP contribution in [0.5, 0.6) is 0 Å². The summed E-state index contributed by atoms with van der Waals surface area (Å²) in [7, 11) is 0. The van der Waals surface area contributed by atoms with Crippen molar-refractivity contribution in [3.05, 3.63) is 105 Å². The molecular weight excluding hydrogens is 360 g/mol. The van der Waals surface area contributed by atoms with Crippen LogP contribution in [-0.4, -0.2) is 28.7 Å². The van der Waals surface area contributed by atoms with Gasteiger partial charge in [0.05, 0.1) is 36.0 Å². The number of imidazole rings is 3. The minimum Gasteiger partial charge on any atom is -0.304 e. The second-order valence-electron chi connectivity index (χ2n) is 6.60. The van der Waals surface area contributed by atoms with E-state index in [9.17, 15) is 0 Å². The highest BCUT2D eigenvalue weighted by Gasteiger charge is 2.16. The SMILES string of the molecule is C=Cc1ccc(-c2cc(-n3ccnc3)c(-n3ccnc3)c(-n3ccnc3)c2)cc1. The average molecular weight is 378 g/mol. The van der Waals surface area contributed by atoms with Crippen molar-refractivity contribution in [2.75, 3.05) is 0 Å². The lowest BCUT2D eigenvalue weighted by Gasteiger charge is -2.19. The summed E-state index contributed by atoms with van der Waals surface area (Å²) in [4.78, 5) is 12.7. The van der Waals surface area contributed by atoms with E-state index in [1.165, 1.54) is 0 Å². The van der Waals surface area contributed by atoms with Crippen molar-refractivity contribution in [1.29, 1.82) is 0 Å². The predicted molar refractivity (Wildman–Crippen MR) is 113 cm³/mol. The molecule has 5 aromatic rings. The molecule has 6 heteroatoms. The molecule has 0 atom stereocenters. The topological polar surface area (TPSA) is 53.5 Å². The Morgan fingerprint density at radius 1 is 0.655 bits per heavy atom. The van der Waals surface area contributed by atoms with Gasteiger partial charge in [0, 0.05) is 37.2 Å². The fourth-order valence-corrected chi connectivity index (χ4v) is 3.44. The Hall–Kier alpha value is -4.19. The van der Waals surface area contributed by atoms with E-state index in [0.29, 0.717) is 0 Å². The van der Waals surface area contributed by atoms with Gasteiger partial charge in [0.25, 0.3) is 0 Å². The molecule has 2 aromatic carbocycles. The highest BCUT2D eigenvalue weighted by Crippen LogP contribution is 2.33. The summed E-state index contributed by atoms with van der Waals surface area (Å²) in [5.74, 6) is 0. The zero-order chi connectivity index (χ0) is 19.6. The van der Waals surface area contributed by atoms with Crippen LogP contribution in [0.15, 0.2) is 99.1 Å². The van der Waals surface area contributed by atoms with Crippen LogP contribution in [0.25, 0.3) is 34.3 Å². The lowest BCUT2D eigenvalue weighted by atomic mass is 10.0. The van der Waals surface area contributed by atoms with E-state index < -0.39 is 0 Å². The normalized spacial score (nSPS) is 10.9. The summed E-state index contributed by atoms with van der Waals surface area (Å²) in [6, 6.07) is 12.7. The van der Waals surface area contributed by atoms with E-state index in [-0.39, 0.29) is 0 Å². The van der Waals surface area contributed by atoms with Crippen LogP contribution >= 0.6 is 0 Å². The van der Waals surface area contributed by atoms with Gasteiger partial charge >= 0.3 is 0 Å². The van der Waals surface area contributed by atoms with Gasteiger partial charge in [-0.25, -0.2) is 15.0 Å². The fraction of sp³-hybridized carbons (Fsp3) is 0. The average Bonchev–Trinajstić information content (AvgIpc) is 3.55. The monoisotopic (exact) mass is 378 g/mol. The van der Waals surface area contributed by atoms with E-state index in [4.69, 9.17) is 0 Å². The number of benzene rings is 2. The molecule has 140 valence electrons. The van der Waals surface area contributed by atoms with E-state index in [0.717, 1.165) is 33.8 Å². The first kappa shape index (κ1) is 16.9. The molecule has 3 heterocycles. The van der Waals surface area contributed by atoms with Crippen LogP contribution in [0, 0.1) is 0 Å². The molecule has 0 N–H and O–H groups in total. The van der Waals surface area contributed by atoms with Gasteiger partial charge in [0.1, 0.15) is 0 Å². The summed E-state index contributed by atoms with van der Waals surface area (Å²) >= 11 is 0. The molecule has 3 aromatic heterocycles. The highest BCUT2D eigenvalue weighted by molar-refractivity contribution is 5.77. The van der Waals surface area contributed by atoms with Gasteiger partial charge in [-0.1, -0.05) is 36.9 Å². The summed E-state index contributed by atoms with van der Waals surface area (Å²) in [6.07, 6.45) is 18.4. The lowest BCUT2D eigenvalue weighted by Crippen LogP contribution is -2.07. The molecule has 0 unspecified atom stereocenters. The molecule has 0 saturated carbocycles. The molecule has 0 aliphatic heterocycles. The van der Waals surface area contributed by atoms with Gasteiger partial charge < -0.3 is 13.7 Å². The minimum absolute atomic E-state index is 0.991. The first-order valence-corrected chi connectivity index (χ1v) is 9.19. The first-order chi connectivity index (χ1) is 14.3.